The molecule has 0 aliphatic heterocycles. The van der Waals surface area contributed by atoms with Gasteiger partial charge in [-0.3, -0.25) is 4.79 Å². The van der Waals surface area contributed by atoms with Gasteiger partial charge in [0.2, 0.25) is 5.91 Å². The van der Waals surface area contributed by atoms with Crippen LogP contribution >= 0.6 is 0 Å². The molecule has 130 valence electrons. The van der Waals surface area contributed by atoms with Crippen molar-refractivity contribution in [2.24, 2.45) is 11.7 Å². The van der Waals surface area contributed by atoms with Crippen LogP contribution in [0.1, 0.15) is 32.8 Å². The standard InChI is InChI=1S/C16H23F3N2O2/c1-11(2)9-15(3,10-20)21-14(22)8-12-4-6-13(7-5-12)23-16(17,18)19/h4-7,11H,8-10,20H2,1-3H3,(H,21,22). The predicted octanol–water partition coefficient (Wildman–Crippen LogP) is 3.01. The van der Waals surface area contributed by atoms with E-state index in [1.54, 1.807) is 0 Å². The van der Waals surface area contributed by atoms with Crippen LogP contribution in [-0.2, 0) is 11.2 Å². The largest absolute Gasteiger partial charge is 0.573 e. The molecule has 0 radical (unpaired) electrons. The van der Waals surface area contributed by atoms with Gasteiger partial charge in [0.1, 0.15) is 5.75 Å². The smallest absolute Gasteiger partial charge is 0.406 e. The number of benzene rings is 1. The van der Waals surface area contributed by atoms with Crippen molar-refractivity contribution in [3.05, 3.63) is 29.8 Å². The number of halogens is 3. The molecule has 0 saturated carbocycles. The first kappa shape index (κ1) is 19.3. The number of hydrogen-bond acceptors (Lipinski definition) is 3. The average Bonchev–Trinajstić information content (AvgIpc) is 2.38. The molecule has 1 amide bonds. The monoisotopic (exact) mass is 332 g/mol. The number of rotatable bonds is 7. The van der Waals surface area contributed by atoms with Gasteiger partial charge < -0.3 is 15.8 Å². The molecule has 1 aromatic carbocycles. The van der Waals surface area contributed by atoms with E-state index < -0.39 is 11.9 Å². The number of nitrogens with two attached hydrogens (primary N) is 1. The molecule has 0 heterocycles. The topological polar surface area (TPSA) is 64.3 Å². The molecule has 0 aliphatic carbocycles. The Morgan fingerprint density at radius 1 is 1.26 bits per heavy atom. The third-order valence-corrected chi connectivity index (χ3v) is 3.27. The van der Waals surface area contributed by atoms with Crippen molar-refractivity contribution in [2.75, 3.05) is 6.54 Å². The van der Waals surface area contributed by atoms with Gasteiger partial charge in [-0.2, -0.15) is 0 Å². The van der Waals surface area contributed by atoms with E-state index >= 15 is 0 Å². The van der Waals surface area contributed by atoms with Crippen LogP contribution in [0.4, 0.5) is 13.2 Å². The highest BCUT2D eigenvalue weighted by Gasteiger charge is 2.31. The summed E-state index contributed by atoms with van der Waals surface area (Å²) in [6, 6.07) is 5.24. The maximum Gasteiger partial charge on any atom is 0.573 e. The van der Waals surface area contributed by atoms with Gasteiger partial charge in [0.15, 0.2) is 0 Å². The zero-order chi connectivity index (χ0) is 17.7. The minimum absolute atomic E-state index is 0.0694. The van der Waals surface area contributed by atoms with Crippen molar-refractivity contribution in [1.29, 1.82) is 0 Å². The number of nitrogens with one attached hydrogen (secondary N) is 1. The normalized spacial score (nSPS) is 14.4. The molecule has 1 rings (SSSR count). The summed E-state index contributed by atoms with van der Waals surface area (Å²) in [5.41, 5.74) is 5.84. The van der Waals surface area contributed by atoms with Gasteiger partial charge in [0.05, 0.1) is 6.42 Å². The SMILES string of the molecule is CC(C)CC(C)(CN)NC(=O)Cc1ccc(OC(F)(F)F)cc1. The zero-order valence-electron chi connectivity index (χ0n) is 13.5. The van der Waals surface area contributed by atoms with Crippen LogP contribution in [-0.4, -0.2) is 24.4 Å². The Morgan fingerprint density at radius 2 is 1.83 bits per heavy atom. The first-order valence-electron chi connectivity index (χ1n) is 7.39. The highest BCUT2D eigenvalue weighted by atomic mass is 19.4. The number of hydrogen-bond donors (Lipinski definition) is 2. The van der Waals surface area contributed by atoms with E-state index in [1.807, 2.05) is 20.8 Å². The summed E-state index contributed by atoms with van der Waals surface area (Å²) in [7, 11) is 0. The Labute approximate surface area is 134 Å². The van der Waals surface area contributed by atoms with Gasteiger partial charge in [0.25, 0.3) is 0 Å². The highest BCUT2D eigenvalue weighted by molar-refractivity contribution is 5.79. The summed E-state index contributed by atoms with van der Waals surface area (Å²) in [5.74, 6) is -0.154. The van der Waals surface area contributed by atoms with Crippen molar-refractivity contribution in [3.63, 3.8) is 0 Å². The van der Waals surface area contributed by atoms with Crippen LogP contribution in [0.25, 0.3) is 0 Å². The summed E-state index contributed by atoms with van der Waals surface area (Å²) >= 11 is 0. The Morgan fingerprint density at radius 3 is 2.26 bits per heavy atom. The second-order valence-electron chi connectivity index (χ2n) is 6.28. The van der Waals surface area contributed by atoms with Crippen molar-refractivity contribution in [3.8, 4) is 5.75 Å². The number of ether oxygens (including phenoxy) is 1. The van der Waals surface area contributed by atoms with Crippen LogP contribution in [0, 0.1) is 5.92 Å². The Kier molecular flexibility index (Phi) is 6.44. The van der Waals surface area contributed by atoms with Crippen LogP contribution in [0.3, 0.4) is 0 Å². The number of amides is 1. The Bertz CT molecular complexity index is 515. The van der Waals surface area contributed by atoms with E-state index in [1.165, 1.54) is 24.3 Å². The second-order valence-corrected chi connectivity index (χ2v) is 6.28. The first-order chi connectivity index (χ1) is 10.5. The molecule has 1 atom stereocenters. The Hall–Kier alpha value is -1.76. The molecule has 1 aromatic rings. The highest BCUT2D eigenvalue weighted by Crippen LogP contribution is 2.23. The molecule has 1 unspecified atom stereocenters. The lowest BCUT2D eigenvalue weighted by atomic mass is 9.90. The van der Waals surface area contributed by atoms with Gasteiger partial charge in [-0.15, -0.1) is 13.2 Å². The summed E-state index contributed by atoms with van der Waals surface area (Å²) in [4.78, 5) is 12.1. The summed E-state index contributed by atoms with van der Waals surface area (Å²) in [5, 5.41) is 2.90. The minimum atomic E-state index is -4.72. The predicted molar refractivity (Wildman–Crippen MR) is 81.9 cm³/mol. The molecular formula is C16H23F3N2O2. The van der Waals surface area contributed by atoms with Crippen molar-refractivity contribution >= 4 is 5.91 Å². The van der Waals surface area contributed by atoms with Crippen molar-refractivity contribution in [1.82, 2.24) is 5.32 Å². The third kappa shape index (κ3) is 7.36. The first-order valence-corrected chi connectivity index (χ1v) is 7.39. The fraction of sp³-hybridized carbons (Fsp3) is 0.562. The molecule has 23 heavy (non-hydrogen) atoms. The number of carbonyl (C=O) groups is 1. The molecule has 0 bridgehead atoms. The van der Waals surface area contributed by atoms with Crippen molar-refractivity contribution < 1.29 is 22.7 Å². The third-order valence-electron chi connectivity index (χ3n) is 3.27. The van der Waals surface area contributed by atoms with Crippen LogP contribution in [0.5, 0.6) is 5.75 Å². The van der Waals surface area contributed by atoms with Gasteiger partial charge >= 0.3 is 6.36 Å². The van der Waals surface area contributed by atoms with E-state index in [4.69, 9.17) is 5.73 Å². The molecule has 3 N–H and O–H groups in total. The van der Waals surface area contributed by atoms with Crippen LogP contribution < -0.4 is 15.8 Å². The zero-order valence-corrected chi connectivity index (χ0v) is 13.5. The number of carbonyl (C=O) groups excluding carboxylic acids is 1. The molecule has 0 saturated heterocycles. The van der Waals surface area contributed by atoms with E-state index in [9.17, 15) is 18.0 Å². The van der Waals surface area contributed by atoms with Gasteiger partial charge in [0, 0.05) is 12.1 Å². The number of alkyl halides is 3. The van der Waals surface area contributed by atoms with Crippen molar-refractivity contribution in [2.45, 2.75) is 45.5 Å². The van der Waals surface area contributed by atoms with Crippen LogP contribution in [0.15, 0.2) is 24.3 Å². The molecule has 0 spiro atoms. The molecule has 4 nitrogen and oxygen atoms in total. The maximum atomic E-state index is 12.1. The maximum absolute atomic E-state index is 12.1. The fourth-order valence-corrected chi connectivity index (χ4v) is 2.46. The van der Waals surface area contributed by atoms with Crippen LogP contribution in [0.2, 0.25) is 0 Å². The van der Waals surface area contributed by atoms with E-state index in [2.05, 4.69) is 10.1 Å². The summed E-state index contributed by atoms with van der Waals surface area (Å²) in [6.45, 7) is 6.28. The van der Waals surface area contributed by atoms with E-state index in [0.29, 0.717) is 18.0 Å². The van der Waals surface area contributed by atoms with E-state index in [0.717, 1.165) is 6.42 Å². The molecule has 0 aliphatic rings. The lowest BCUT2D eigenvalue weighted by Crippen LogP contribution is -2.52. The minimum Gasteiger partial charge on any atom is -0.406 e. The quantitative estimate of drug-likeness (QED) is 0.807. The average molecular weight is 332 g/mol. The molecule has 7 heteroatoms. The van der Waals surface area contributed by atoms with Gasteiger partial charge in [-0.25, -0.2) is 0 Å². The lowest BCUT2D eigenvalue weighted by molar-refractivity contribution is -0.274. The molecule has 0 aromatic heterocycles. The fourth-order valence-electron chi connectivity index (χ4n) is 2.46. The van der Waals surface area contributed by atoms with E-state index in [-0.39, 0.29) is 18.1 Å². The molecule has 0 fully saturated rings. The Balaban J connectivity index is 2.63. The summed E-state index contributed by atoms with van der Waals surface area (Å²) in [6.07, 6.45) is -3.91. The van der Waals surface area contributed by atoms with Gasteiger partial charge in [-0.1, -0.05) is 26.0 Å². The second kappa shape index (κ2) is 7.68. The summed E-state index contributed by atoms with van der Waals surface area (Å²) < 4.78 is 40.0. The van der Waals surface area contributed by atoms with Gasteiger partial charge in [-0.05, 0) is 37.0 Å². The molecular weight excluding hydrogens is 309 g/mol. The lowest BCUT2D eigenvalue weighted by Gasteiger charge is -2.31.